The van der Waals surface area contributed by atoms with Gasteiger partial charge in [-0.2, -0.15) is 0 Å². The van der Waals surface area contributed by atoms with Crippen molar-refractivity contribution in [2.75, 3.05) is 13.2 Å². The number of hydrogen-bond acceptors (Lipinski definition) is 5. The van der Waals surface area contributed by atoms with Crippen molar-refractivity contribution in [3.05, 3.63) is 81.3 Å². The molecule has 0 aliphatic heterocycles. The van der Waals surface area contributed by atoms with Gasteiger partial charge in [-0.05, 0) is 48.0 Å². The van der Waals surface area contributed by atoms with Gasteiger partial charge in [-0.1, -0.05) is 5.92 Å². The molecule has 0 atom stereocenters. The topological polar surface area (TPSA) is 122 Å². The summed E-state index contributed by atoms with van der Waals surface area (Å²) >= 11 is 0. The summed E-state index contributed by atoms with van der Waals surface area (Å²) in [4.78, 5) is 45.4. The molecule has 0 spiro atoms. The molecule has 0 unspecified atom stereocenters. The van der Waals surface area contributed by atoms with Gasteiger partial charge >= 0.3 is 5.69 Å². The molecule has 3 N–H and O–H groups in total. The molecule has 3 heterocycles. The van der Waals surface area contributed by atoms with Gasteiger partial charge in [0.15, 0.2) is 0 Å². The van der Waals surface area contributed by atoms with Gasteiger partial charge in [-0.3, -0.25) is 24.1 Å². The molecule has 0 radical (unpaired) electrons. The van der Waals surface area contributed by atoms with E-state index >= 15 is 0 Å². The number of pyridine rings is 1. The Labute approximate surface area is 182 Å². The zero-order valence-electron chi connectivity index (χ0n) is 16.9. The largest absolute Gasteiger partial charge is 0.492 e. The zero-order chi connectivity index (χ0) is 22.5. The molecule has 32 heavy (non-hydrogen) atoms. The minimum Gasteiger partial charge on any atom is -0.492 e. The Bertz CT molecular complexity index is 1410. The van der Waals surface area contributed by atoms with Crippen LogP contribution < -0.4 is 21.3 Å². The van der Waals surface area contributed by atoms with E-state index in [2.05, 4.69) is 26.2 Å². The third-order valence-electron chi connectivity index (χ3n) is 4.78. The Morgan fingerprint density at radius 3 is 2.72 bits per heavy atom. The van der Waals surface area contributed by atoms with Crippen molar-refractivity contribution in [2.24, 2.45) is 0 Å². The molecule has 0 bridgehead atoms. The highest BCUT2D eigenvalue weighted by molar-refractivity contribution is 5.93. The van der Waals surface area contributed by atoms with Crippen LogP contribution in [0.5, 0.6) is 5.75 Å². The van der Waals surface area contributed by atoms with Crippen LogP contribution in [0.25, 0.3) is 22.3 Å². The van der Waals surface area contributed by atoms with Crippen molar-refractivity contribution >= 4 is 16.9 Å². The molecule has 4 aromatic rings. The second kappa shape index (κ2) is 9.06. The van der Waals surface area contributed by atoms with Crippen LogP contribution in [0.1, 0.15) is 10.4 Å². The van der Waals surface area contributed by atoms with E-state index < -0.39 is 11.2 Å². The van der Waals surface area contributed by atoms with Crippen LogP contribution in [0.3, 0.4) is 0 Å². The lowest BCUT2D eigenvalue weighted by Gasteiger charge is -2.08. The average molecular weight is 429 g/mol. The van der Waals surface area contributed by atoms with Gasteiger partial charge in [0.25, 0.3) is 11.5 Å². The van der Waals surface area contributed by atoms with Gasteiger partial charge in [-0.25, -0.2) is 4.79 Å². The fourth-order valence-electron chi connectivity index (χ4n) is 3.23. The average Bonchev–Trinajstić information content (AvgIpc) is 3.26. The number of carbonyl (C=O) groups excluding carboxylic acids is 1. The van der Waals surface area contributed by atoms with Crippen molar-refractivity contribution in [1.82, 2.24) is 24.8 Å². The monoisotopic (exact) mass is 429 g/mol. The molecule has 0 saturated heterocycles. The molecule has 0 fully saturated rings. The molecule has 9 heteroatoms. The summed E-state index contributed by atoms with van der Waals surface area (Å²) in [5, 5.41) is 2.76. The highest BCUT2D eigenvalue weighted by Crippen LogP contribution is 2.24. The smallest absolute Gasteiger partial charge is 0.329 e. The summed E-state index contributed by atoms with van der Waals surface area (Å²) in [6.45, 7) is 0.686. The maximum atomic E-state index is 12.1. The minimum atomic E-state index is -0.551. The van der Waals surface area contributed by atoms with E-state index in [4.69, 9.17) is 11.2 Å². The first-order valence-corrected chi connectivity index (χ1v) is 9.77. The van der Waals surface area contributed by atoms with Gasteiger partial charge in [0.1, 0.15) is 17.9 Å². The van der Waals surface area contributed by atoms with E-state index in [1.807, 2.05) is 12.1 Å². The minimum absolute atomic E-state index is 0.0491. The number of nitrogens with one attached hydrogen (secondary N) is 3. The first-order chi connectivity index (χ1) is 15.6. The number of carbonyl (C=O) groups is 1. The third-order valence-corrected chi connectivity index (χ3v) is 4.78. The fourth-order valence-corrected chi connectivity index (χ4v) is 3.23. The van der Waals surface area contributed by atoms with E-state index in [9.17, 15) is 14.4 Å². The number of terminal acetylenes is 1. The van der Waals surface area contributed by atoms with Crippen molar-refractivity contribution < 1.29 is 9.53 Å². The molecular weight excluding hydrogens is 410 g/mol. The second-order valence-electron chi connectivity index (χ2n) is 6.86. The normalized spacial score (nSPS) is 10.6. The molecule has 3 aromatic heterocycles. The molecule has 0 saturated carbocycles. The Morgan fingerprint density at radius 1 is 1.19 bits per heavy atom. The first-order valence-electron chi connectivity index (χ1n) is 9.77. The molecule has 160 valence electrons. The Balaban J connectivity index is 1.42. The molecule has 9 nitrogen and oxygen atoms in total. The number of hydrogen-bond donors (Lipinski definition) is 3. The Hall–Kier alpha value is -4.58. The summed E-state index contributed by atoms with van der Waals surface area (Å²) < 4.78 is 6.99. The maximum Gasteiger partial charge on any atom is 0.329 e. The predicted molar refractivity (Wildman–Crippen MR) is 120 cm³/mol. The zero-order valence-corrected chi connectivity index (χ0v) is 16.9. The van der Waals surface area contributed by atoms with Crippen LogP contribution in [0.15, 0.2) is 64.4 Å². The lowest BCUT2D eigenvalue weighted by Crippen LogP contribution is -2.29. The van der Waals surface area contributed by atoms with Crippen molar-refractivity contribution in [3.63, 3.8) is 0 Å². The van der Waals surface area contributed by atoms with Crippen LogP contribution in [-0.4, -0.2) is 38.6 Å². The molecule has 1 amide bonds. The number of fused-ring (bicyclic) bond motifs is 1. The first kappa shape index (κ1) is 20.7. The number of nitrogens with zero attached hydrogens (tertiary/aromatic N) is 2. The van der Waals surface area contributed by atoms with E-state index in [1.54, 1.807) is 36.5 Å². The van der Waals surface area contributed by atoms with Crippen molar-refractivity contribution in [2.45, 2.75) is 6.54 Å². The summed E-state index contributed by atoms with van der Waals surface area (Å²) in [7, 11) is 0. The van der Waals surface area contributed by atoms with Crippen LogP contribution in [0, 0.1) is 12.3 Å². The van der Waals surface area contributed by atoms with E-state index in [1.165, 1.54) is 10.8 Å². The van der Waals surface area contributed by atoms with Gasteiger partial charge in [0, 0.05) is 18.1 Å². The highest BCUT2D eigenvalue weighted by atomic mass is 16.5. The van der Waals surface area contributed by atoms with Gasteiger partial charge in [0.05, 0.1) is 24.2 Å². The Kier molecular flexibility index (Phi) is 5.85. The summed E-state index contributed by atoms with van der Waals surface area (Å²) in [6.07, 6.45) is 8.44. The van der Waals surface area contributed by atoms with Crippen molar-refractivity contribution in [1.29, 1.82) is 0 Å². The van der Waals surface area contributed by atoms with Crippen LogP contribution in [0.2, 0.25) is 0 Å². The van der Waals surface area contributed by atoms with Crippen LogP contribution in [0.4, 0.5) is 0 Å². The number of rotatable bonds is 7. The van der Waals surface area contributed by atoms with E-state index in [-0.39, 0.29) is 18.0 Å². The molecule has 0 aliphatic carbocycles. The lowest BCUT2D eigenvalue weighted by molar-refractivity contribution is 0.0946. The van der Waals surface area contributed by atoms with E-state index in [0.717, 1.165) is 5.56 Å². The number of aromatic amines is 2. The molecule has 1 aromatic carbocycles. The standard InChI is InChI=1S/C23H19N5O4/c1-2-11-28-19-13-18(26-20(19)22(30)27-23(28)31)15-5-7-17(8-6-15)32-12-10-25-21(29)16-4-3-9-24-14-16/h1,3-9,13-14,26H,10-12H2,(H,25,29)(H,27,30,31). The maximum absolute atomic E-state index is 12.1. The van der Waals surface area contributed by atoms with Crippen molar-refractivity contribution in [3.8, 4) is 29.4 Å². The van der Waals surface area contributed by atoms with Gasteiger partial charge < -0.3 is 15.0 Å². The number of benzene rings is 1. The predicted octanol–water partition coefficient (Wildman–Crippen LogP) is 1.52. The fraction of sp³-hybridized carbons (Fsp3) is 0.130. The number of amides is 1. The summed E-state index contributed by atoms with van der Waals surface area (Å²) in [6, 6.07) is 12.3. The molecular formula is C23H19N5O4. The lowest BCUT2D eigenvalue weighted by atomic mass is 10.1. The quantitative estimate of drug-likeness (QED) is 0.304. The number of H-pyrrole nitrogens is 2. The van der Waals surface area contributed by atoms with Gasteiger partial charge in [-0.15, -0.1) is 6.42 Å². The summed E-state index contributed by atoms with van der Waals surface area (Å²) in [5.74, 6) is 2.83. The SMILES string of the molecule is C#CCn1c(=O)[nH]c(=O)c2[nH]c(-c3ccc(OCCNC(=O)c4cccnc4)cc3)cc21. The van der Waals surface area contributed by atoms with Crippen LogP contribution >= 0.6 is 0 Å². The third kappa shape index (κ3) is 4.29. The highest BCUT2D eigenvalue weighted by Gasteiger charge is 2.12. The molecule has 0 aliphatic rings. The summed E-state index contributed by atoms with van der Waals surface area (Å²) in [5.41, 5.74) is 1.62. The second-order valence-corrected chi connectivity index (χ2v) is 6.86. The number of ether oxygens (including phenoxy) is 1. The molecule has 4 rings (SSSR count). The van der Waals surface area contributed by atoms with Gasteiger partial charge in [0.2, 0.25) is 0 Å². The Morgan fingerprint density at radius 2 is 2.00 bits per heavy atom. The van der Waals surface area contributed by atoms with E-state index in [0.29, 0.717) is 35.7 Å². The number of aromatic nitrogens is 4. The van der Waals surface area contributed by atoms with Crippen LogP contribution in [-0.2, 0) is 6.54 Å².